The van der Waals surface area contributed by atoms with Crippen LogP contribution in [-0.2, 0) is 0 Å². The third-order valence-electron chi connectivity index (χ3n) is 2.20. The Hall–Kier alpha value is -2.50. The van der Waals surface area contributed by atoms with Gasteiger partial charge in [0, 0.05) is 17.5 Å². The lowest BCUT2D eigenvalue weighted by atomic mass is 10.3. The van der Waals surface area contributed by atoms with Crippen molar-refractivity contribution in [2.75, 3.05) is 0 Å². The van der Waals surface area contributed by atoms with Crippen LogP contribution in [0.1, 0.15) is 11.4 Å². The van der Waals surface area contributed by atoms with Crippen molar-refractivity contribution in [1.82, 2.24) is 9.97 Å². The van der Waals surface area contributed by atoms with Crippen molar-refractivity contribution >= 4 is 5.69 Å². The van der Waals surface area contributed by atoms with Crippen LogP contribution in [0.2, 0.25) is 0 Å². The molecule has 1 aromatic carbocycles. The molecule has 0 aliphatic carbocycles. The van der Waals surface area contributed by atoms with Gasteiger partial charge in [-0.25, -0.2) is 9.97 Å². The summed E-state index contributed by atoms with van der Waals surface area (Å²) >= 11 is 0. The van der Waals surface area contributed by atoms with Gasteiger partial charge in [-0.05, 0) is 26.0 Å². The molecule has 0 atom stereocenters. The molecule has 0 saturated carbocycles. The Kier molecular flexibility index (Phi) is 3.18. The number of nitro benzene ring substituents is 1. The van der Waals surface area contributed by atoms with E-state index in [9.17, 15) is 10.1 Å². The average molecular weight is 245 g/mol. The molecule has 0 unspecified atom stereocenters. The fraction of sp³-hybridized carbons (Fsp3) is 0.167. The van der Waals surface area contributed by atoms with Gasteiger partial charge in [-0.1, -0.05) is 6.07 Å². The third-order valence-corrected chi connectivity index (χ3v) is 2.20. The topological polar surface area (TPSA) is 78.2 Å². The second-order valence-corrected chi connectivity index (χ2v) is 3.79. The van der Waals surface area contributed by atoms with Crippen molar-refractivity contribution in [3.05, 3.63) is 51.8 Å². The highest BCUT2D eigenvalue weighted by Gasteiger charge is 2.08. The highest BCUT2D eigenvalue weighted by Crippen LogP contribution is 2.23. The first-order valence-corrected chi connectivity index (χ1v) is 5.29. The summed E-state index contributed by atoms with van der Waals surface area (Å²) in [4.78, 5) is 18.4. The Morgan fingerprint density at radius 1 is 1.17 bits per heavy atom. The Bertz CT molecular complexity index is 579. The SMILES string of the molecule is Cc1cc(C)nc(Oc2cccc([N+](=O)[O-])c2)n1. The van der Waals surface area contributed by atoms with Crippen LogP contribution in [0.4, 0.5) is 5.69 Å². The van der Waals surface area contributed by atoms with Crippen molar-refractivity contribution in [2.45, 2.75) is 13.8 Å². The predicted molar refractivity (Wildman–Crippen MR) is 64.7 cm³/mol. The Morgan fingerprint density at radius 3 is 2.44 bits per heavy atom. The van der Waals surface area contributed by atoms with Crippen LogP contribution in [0.25, 0.3) is 0 Å². The lowest BCUT2D eigenvalue weighted by molar-refractivity contribution is -0.384. The molecule has 6 heteroatoms. The smallest absolute Gasteiger partial charge is 0.322 e. The van der Waals surface area contributed by atoms with E-state index >= 15 is 0 Å². The molecule has 0 saturated heterocycles. The third kappa shape index (κ3) is 2.79. The number of nitrogens with zero attached hydrogens (tertiary/aromatic N) is 3. The number of non-ortho nitro benzene ring substituents is 1. The van der Waals surface area contributed by atoms with Gasteiger partial charge in [-0.2, -0.15) is 0 Å². The molecule has 1 aromatic heterocycles. The van der Waals surface area contributed by atoms with Crippen LogP contribution in [0.15, 0.2) is 30.3 Å². The molecule has 0 spiro atoms. The van der Waals surface area contributed by atoms with Crippen LogP contribution in [-0.4, -0.2) is 14.9 Å². The zero-order valence-electron chi connectivity index (χ0n) is 9.95. The minimum Gasteiger partial charge on any atom is -0.424 e. The van der Waals surface area contributed by atoms with E-state index in [0.29, 0.717) is 5.75 Å². The van der Waals surface area contributed by atoms with E-state index in [1.165, 1.54) is 12.1 Å². The maximum Gasteiger partial charge on any atom is 0.322 e. The fourth-order valence-corrected chi connectivity index (χ4v) is 1.51. The first-order valence-electron chi connectivity index (χ1n) is 5.29. The second-order valence-electron chi connectivity index (χ2n) is 3.79. The summed E-state index contributed by atoms with van der Waals surface area (Å²) < 4.78 is 5.40. The number of aryl methyl sites for hydroxylation is 2. The van der Waals surface area contributed by atoms with Gasteiger partial charge in [0.25, 0.3) is 5.69 Å². The normalized spacial score (nSPS) is 10.1. The van der Waals surface area contributed by atoms with Gasteiger partial charge in [0.2, 0.25) is 0 Å². The van der Waals surface area contributed by atoms with E-state index in [1.54, 1.807) is 12.1 Å². The molecule has 0 N–H and O–H groups in total. The van der Waals surface area contributed by atoms with Crippen molar-refractivity contribution in [2.24, 2.45) is 0 Å². The Labute approximate surface area is 103 Å². The monoisotopic (exact) mass is 245 g/mol. The summed E-state index contributed by atoms with van der Waals surface area (Å²) in [6, 6.07) is 7.91. The Morgan fingerprint density at radius 2 is 1.83 bits per heavy atom. The summed E-state index contributed by atoms with van der Waals surface area (Å²) in [6.45, 7) is 3.66. The van der Waals surface area contributed by atoms with Crippen molar-refractivity contribution in [3.63, 3.8) is 0 Å². The molecule has 2 aromatic rings. The number of hydrogen-bond donors (Lipinski definition) is 0. The molecule has 0 radical (unpaired) electrons. The van der Waals surface area contributed by atoms with E-state index in [0.717, 1.165) is 11.4 Å². The van der Waals surface area contributed by atoms with E-state index in [2.05, 4.69) is 9.97 Å². The van der Waals surface area contributed by atoms with E-state index in [-0.39, 0.29) is 11.7 Å². The number of ether oxygens (including phenoxy) is 1. The van der Waals surface area contributed by atoms with Gasteiger partial charge in [-0.15, -0.1) is 0 Å². The van der Waals surface area contributed by atoms with Gasteiger partial charge >= 0.3 is 6.01 Å². The summed E-state index contributed by atoms with van der Waals surface area (Å²) in [5.41, 5.74) is 1.53. The van der Waals surface area contributed by atoms with Gasteiger partial charge in [0.15, 0.2) is 0 Å². The zero-order chi connectivity index (χ0) is 13.1. The highest BCUT2D eigenvalue weighted by molar-refractivity contribution is 5.39. The summed E-state index contributed by atoms with van der Waals surface area (Å²) in [5, 5.41) is 10.6. The lowest BCUT2D eigenvalue weighted by Gasteiger charge is -2.05. The van der Waals surface area contributed by atoms with E-state index < -0.39 is 4.92 Å². The minimum absolute atomic E-state index is 0.0307. The second kappa shape index (κ2) is 4.79. The van der Waals surface area contributed by atoms with Crippen LogP contribution < -0.4 is 4.74 Å². The number of nitro groups is 1. The predicted octanol–water partition coefficient (Wildman–Crippen LogP) is 2.79. The number of aromatic nitrogens is 2. The van der Waals surface area contributed by atoms with Crippen LogP contribution in [0.5, 0.6) is 11.8 Å². The molecule has 0 aliphatic rings. The van der Waals surface area contributed by atoms with Crippen LogP contribution in [0, 0.1) is 24.0 Å². The number of benzene rings is 1. The van der Waals surface area contributed by atoms with Crippen molar-refractivity contribution < 1.29 is 9.66 Å². The molecule has 6 nitrogen and oxygen atoms in total. The summed E-state index contributed by atoms with van der Waals surface area (Å²) in [5.74, 6) is 0.342. The molecule has 0 bridgehead atoms. The number of rotatable bonds is 3. The first kappa shape index (κ1) is 12.0. The van der Waals surface area contributed by atoms with Gasteiger partial charge in [0.1, 0.15) is 5.75 Å². The standard InChI is InChI=1S/C12H11N3O3/c1-8-6-9(2)14-12(13-8)18-11-5-3-4-10(7-11)15(16)17/h3-7H,1-2H3. The Balaban J connectivity index is 2.28. The first-order chi connectivity index (χ1) is 8.54. The quantitative estimate of drug-likeness (QED) is 0.613. The summed E-state index contributed by atoms with van der Waals surface area (Å²) in [7, 11) is 0. The van der Waals surface area contributed by atoms with Gasteiger partial charge in [0.05, 0.1) is 11.0 Å². The molecule has 0 amide bonds. The van der Waals surface area contributed by atoms with Crippen LogP contribution in [0.3, 0.4) is 0 Å². The summed E-state index contributed by atoms with van der Waals surface area (Å²) in [6.07, 6.45) is 0. The van der Waals surface area contributed by atoms with Crippen LogP contribution >= 0.6 is 0 Å². The molecule has 18 heavy (non-hydrogen) atoms. The maximum absolute atomic E-state index is 10.6. The fourth-order valence-electron chi connectivity index (χ4n) is 1.51. The maximum atomic E-state index is 10.6. The van der Waals surface area contributed by atoms with Gasteiger partial charge < -0.3 is 4.74 Å². The molecule has 92 valence electrons. The zero-order valence-corrected chi connectivity index (χ0v) is 9.95. The molecular formula is C12H11N3O3. The minimum atomic E-state index is -0.477. The highest BCUT2D eigenvalue weighted by atomic mass is 16.6. The van der Waals surface area contributed by atoms with Crippen molar-refractivity contribution in [1.29, 1.82) is 0 Å². The number of hydrogen-bond acceptors (Lipinski definition) is 5. The largest absolute Gasteiger partial charge is 0.424 e. The van der Waals surface area contributed by atoms with E-state index in [1.807, 2.05) is 19.9 Å². The van der Waals surface area contributed by atoms with E-state index in [4.69, 9.17) is 4.74 Å². The molecule has 2 rings (SSSR count). The molecule has 0 aliphatic heterocycles. The average Bonchev–Trinajstić information content (AvgIpc) is 2.27. The van der Waals surface area contributed by atoms with Gasteiger partial charge in [-0.3, -0.25) is 10.1 Å². The molecule has 0 fully saturated rings. The molecular weight excluding hydrogens is 234 g/mol. The lowest BCUT2D eigenvalue weighted by Crippen LogP contribution is -1.96. The van der Waals surface area contributed by atoms with Crippen molar-refractivity contribution in [3.8, 4) is 11.8 Å². The molecule has 1 heterocycles.